The molecule has 83 valence electrons. The van der Waals surface area contributed by atoms with Crippen LogP contribution in [0.4, 0.5) is 0 Å². The zero-order valence-electron chi connectivity index (χ0n) is 9.61. The van der Waals surface area contributed by atoms with Gasteiger partial charge in [-0.25, -0.2) is 0 Å². The zero-order chi connectivity index (χ0) is 10.9. The molecule has 0 aromatic heterocycles. The lowest BCUT2D eigenvalue weighted by Crippen LogP contribution is -2.16. The second kappa shape index (κ2) is 7.33. The first kappa shape index (κ1) is 12.1. The first-order valence-corrected chi connectivity index (χ1v) is 5.87. The molecule has 0 saturated carbocycles. The highest BCUT2D eigenvalue weighted by Crippen LogP contribution is 2.17. The number of hydrogen-bond donors (Lipinski definition) is 0. The van der Waals surface area contributed by atoms with Crippen molar-refractivity contribution in [2.75, 3.05) is 0 Å². The third-order valence-electron chi connectivity index (χ3n) is 2.45. The summed E-state index contributed by atoms with van der Waals surface area (Å²) in [5, 5.41) is 0. The normalized spacial score (nSPS) is 12.4. The minimum atomic E-state index is 0.338. The predicted molar refractivity (Wildman–Crippen MR) is 65.0 cm³/mol. The van der Waals surface area contributed by atoms with Crippen molar-refractivity contribution in [2.45, 2.75) is 45.1 Å². The highest BCUT2D eigenvalue weighted by atomic mass is 16.5. The highest BCUT2D eigenvalue weighted by Gasteiger charge is 2.08. The quantitative estimate of drug-likeness (QED) is 0.647. The summed E-state index contributed by atoms with van der Waals surface area (Å²) in [7, 11) is 0. The lowest BCUT2D eigenvalue weighted by Gasteiger charge is -2.18. The van der Waals surface area contributed by atoms with Gasteiger partial charge in [0.1, 0.15) is 5.75 Å². The molecule has 1 heteroatoms. The fourth-order valence-electron chi connectivity index (χ4n) is 1.61. The van der Waals surface area contributed by atoms with Crippen LogP contribution in [0.3, 0.4) is 0 Å². The Balaban J connectivity index is 2.43. The molecule has 0 aliphatic carbocycles. The molecule has 0 aliphatic rings. The number of hydrogen-bond acceptors (Lipinski definition) is 1. The van der Waals surface area contributed by atoms with E-state index in [1.807, 2.05) is 30.3 Å². The molecule has 1 aromatic rings. The Labute approximate surface area is 93.5 Å². The Morgan fingerprint density at radius 2 is 1.93 bits per heavy atom. The van der Waals surface area contributed by atoms with Crippen LogP contribution in [0.25, 0.3) is 0 Å². The largest absolute Gasteiger partial charge is 0.490 e. The zero-order valence-corrected chi connectivity index (χ0v) is 9.61. The predicted octanol–water partition coefficient (Wildman–Crippen LogP) is 4.24. The molecule has 1 aromatic carbocycles. The van der Waals surface area contributed by atoms with E-state index in [1.54, 1.807) is 0 Å². The summed E-state index contributed by atoms with van der Waals surface area (Å²) in [5.74, 6) is 0.979. The van der Waals surface area contributed by atoms with Crippen molar-refractivity contribution >= 4 is 0 Å². The Bertz CT molecular complexity index is 243. The topological polar surface area (TPSA) is 9.23 Å². The van der Waals surface area contributed by atoms with Crippen LogP contribution in [0.15, 0.2) is 30.3 Å². The summed E-state index contributed by atoms with van der Waals surface area (Å²) in [5.41, 5.74) is 0. The van der Waals surface area contributed by atoms with Crippen LogP contribution < -0.4 is 4.74 Å². The first-order valence-electron chi connectivity index (χ1n) is 5.87. The molecule has 0 N–H and O–H groups in total. The van der Waals surface area contributed by atoms with Crippen molar-refractivity contribution in [3.05, 3.63) is 37.3 Å². The Morgan fingerprint density at radius 3 is 2.53 bits per heavy atom. The summed E-state index contributed by atoms with van der Waals surface area (Å²) < 4.78 is 5.92. The second-order valence-electron chi connectivity index (χ2n) is 3.84. The Hall–Kier alpha value is -0.980. The van der Waals surface area contributed by atoms with Crippen molar-refractivity contribution in [3.8, 4) is 5.75 Å². The molecule has 1 radical (unpaired) electrons. The van der Waals surface area contributed by atoms with Gasteiger partial charge in [-0.2, -0.15) is 0 Å². The van der Waals surface area contributed by atoms with E-state index in [1.165, 1.54) is 12.8 Å². The fraction of sp³-hybridized carbons (Fsp3) is 0.500. The van der Waals surface area contributed by atoms with Crippen LogP contribution in [0.5, 0.6) is 5.75 Å². The van der Waals surface area contributed by atoms with E-state index in [-0.39, 0.29) is 0 Å². The van der Waals surface area contributed by atoms with Gasteiger partial charge in [0.15, 0.2) is 0 Å². The molecule has 0 heterocycles. The van der Waals surface area contributed by atoms with E-state index < -0.39 is 0 Å². The lowest BCUT2D eigenvalue weighted by atomic mass is 10.1. The lowest BCUT2D eigenvalue weighted by molar-refractivity contribution is 0.178. The van der Waals surface area contributed by atoms with E-state index in [9.17, 15) is 0 Å². The maximum atomic E-state index is 5.92. The molecule has 0 aliphatic heterocycles. The number of unbranched alkanes of at least 4 members (excludes halogenated alkanes) is 1. The van der Waals surface area contributed by atoms with Gasteiger partial charge >= 0.3 is 0 Å². The van der Waals surface area contributed by atoms with Gasteiger partial charge in [0.2, 0.25) is 0 Å². The molecule has 1 atom stereocenters. The number of ether oxygens (including phenoxy) is 1. The standard InChI is InChI=1S/C14H21O/c1-3-5-10-13(9-4-2)15-14-11-7-6-8-12-14/h6-8,11-13H,2-5,9-10H2,1H3. The third-order valence-corrected chi connectivity index (χ3v) is 2.45. The summed E-state index contributed by atoms with van der Waals surface area (Å²) in [6, 6.07) is 10.1. The van der Waals surface area contributed by atoms with Gasteiger partial charge in [-0.05, 0) is 31.4 Å². The average Bonchev–Trinajstić information content (AvgIpc) is 2.28. The molecule has 0 fully saturated rings. The molecule has 1 rings (SSSR count). The van der Waals surface area contributed by atoms with E-state index in [0.717, 1.165) is 25.0 Å². The van der Waals surface area contributed by atoms with Gasteiger partial charge in [-0.1, -0.05) is 44.9 Å². The Kier molecular flexibility index (Phi) is 5.91. The van der Waals surface area contributed by atoms with Crippen molar-refractivity contribution in [3.63, 3.8) is 0 Å². The number of rotatable bonds is 7. The first-order chi connectivity index (χ1) is 7.36. The Morgan fingerprint density at radius 1 is 1.20 bits per heavy atom. The second-order valence-corrected chi connectivity index (χ2v) is 3.84. The van der Waals surface area contributed by atoms with E-state index in [0.29, 0.717) is 6.10 Å². The van der Waals surface area contributed by atoms with Gasteiger partial charge in [-0.15, -0.1) is 0 Å². The van der Waals surface area contributed by atoms with Crippen LogP contribution in [-0.2, 0) is 0 Å². The molecule has 0 amide bonds. The summed E-state index contributed by atoms with van der Waals surface area (Å²) >= 11 is 0. The smallest absolute Gasteiger partial charge is 0.119 e. The molecule has 0 bridgehead atoms. The molecule has 1 nitrogen and oxygen atoms in total. The molecule has 1 unspecified atom stereocenters. The highest BCUT2D eigenvalue weighted by molar-refractivity contribution is 5.21. The minimum Gasteiger partial charge on any atom is -0.490 e. The van der Waals surface area contributed by atoms with Crippen LogP contribution in [0, 0.1) is 6.92 Å². The van der Waals surface area contributed by atoms with Gasteiger partial charge in [-0.3, -0.25) is 0 Å². The minimum absolute atomic E-state index is 0.338. The van der Waals surface area contributed by atoms with Crippen LogP contribution in [0.2, 0.25) is 0 Å². The van der Waals surface area contributed by atoms with Crippen molar-refractivity contribution in [2.24, 2.45) is 0 Å². The van der Waals surface area contributed by atoms with Gasteiger partial charge in [0.05, 0.1) is 6.10 Å². The van der Waals surface area contributed by atoms with Gasteiger partial charge in [0, 0.05) is 0 Å². The molecular formula is C14H21O. The molecule has 0 saturated heterocycles. The summed E-state index contributed by atoms with van der Waals surface area (Å²) in [6.07, 6.45) is 5.94. The monoisotopic (exact) mass is 205 g/mol. The maximum absolute atomic E-state index is 5.92. The number of benzene rings is 1. The van der Waals surface area contributed by atoms with Crippen LogP contribution in [-0.4, -0.2) is 6.10 Å². The van der Waals surface area contributed by atoms with Crippen LogP contribution in [0.1, 0.15) is 39.0 Å². The van der Waals surface area contributed by atoms with Crippen molar-refractivity contribution < 1.29 is 4.74 Å². The molecule has 0 spiro atoms. The van der Waals surface area contributed by atoms with Crippen molar-refractivity contribution in [1.82, 2.24) is 0 Å². The van der Waals surface area contributed by atoms with E-state index in [4.69, 9.17) is 4.74 Å². The van der Waals surface area contributed by atoms with Crippen LogP contribution >= 0.6 is 0 Å². The SMILES string of the molecule is [CH2]CCC(CCCC)Oc1ccccc1. The summed E-state index contributed by atoms with van der Waals surface area (Å²) in [4.78, 5) is 0. The van der Waals surface area contributed by atoms with Gasteiger partial charge in [0.25, 0.3) is 0 Å². The number of para-hydroxylation sites is 1. The molecule has 15 heavy (non-hydrogen) atoms. The third kappa shape index (κ3) is 4.87. The van der Waals surface area contributed by atoms with Gasteiger partial charge < -0.3 is 4.74 Å². The average molecular weight is 205 g/mol. The van der Waals surface area contributed by atoms with E-state index >= 15 is 0 Å². The molecular weight excluding hydrogens is 184 g/mol. The fourth-order valence-corrected chi connectivity index (χ4v) is 1.61. The maximum Gasteiger partial charge on any atom is 0.119 e. The summed E-state index contributed by atoms with van der Waals surface area (Å²) in [6.45, 7) is 6.11. The van der Waals surface area contributed by atoms with E-state index in [2.05, 4.69) is 13.8 Å². The van der Waals surface area contributed by atoms with Crippen molar-refractivity contribution in [1.29, 1.82) is 0 Å².